The summed E-state index contributed by atoms with van der Waals surface area (Å²) < 4.78 is 45.0. The Morgan fingerprint density at radius 2 is 1.20 bits per heavy atom. The van der Waals surface area contributed by atoms with Crippen molar-refractivity contribution in [3.05, 3.63) is 101 Å². The van der Waals surface area contributed by atoms with Crippen molar-refractivity contribution in [3.8, 4) is 11.5 Å². The molecule has 0 atom stereocenters. The summed E-state index contributed by atoms with van der Waals surface area (Å²) in [4.78, 5) is 16.6. The van der Waals surface area contributed by atoms with E-state index in [1.165, 1.54) is 36.9 Å². The van der Waals surface area contributed by atoms with Gasteiger partial charge in [0.2, 0.25) is 0 Å². The fraction of sp³-hybridized carbons (Fsp3) is 0.125. The number of fused-ring (bicyclic) bond motifs is 2. The summed E-state index contributed by atoms with van der Waals surface area (Å²) in [6.07, 6.45) is 5.85. The molecule has 0 aliphatic rings. The van der Waals surface area contributed by atoms with Crippen LogP contribution in [0.5, 0.6) is 11.5 Å². The highest BCUT2D eigenvalue weighted by atomic mass is 79.9. The average Bonchev–Trinajstić information content (AvgIpc) is 2.99. The van der Waals surface area contributed by atoms with E-state index in [4.69, 9.17) is 0 Å². The molecule has 0 fully saturated rings. The van der Waals surface area contributed by atoms with E-state index in [2.05, 4.69) is 50.9 Å². The molecule has 236 valence electrons. The number of hydrogen-bond donors (Lipinski definition) is 4. The average molecular weight is 709 g/mol. The molecule has 0 saturated heterocycles. The van der Waals surface area contributed by atoms with Crippen LogP contribution >= 0.6 is 15.9 Å². The summed E-state index contributed by atoms with van der Waals surface area (Å²) >= 11 is 3.39. The van der Waals surface area contributed by atoms with Gasteiger partial charge in [0.05, 0.1) is 28.1 Å². The minimum Gasteiger partial charge on any atom is -0.508 e. The summed E-state index contributed by atoms with van der Waals surface area (Å²) in [5, 5.41) is 26.7. The SMILES string of the molecule is Cc1cc(F)c(Nc2ncnc3ccc(Br)cc23)cc1O.Cc1cc(F)c(Nc2ncnc3ccc(N=S(C)(C)=O)cc23)cc1O. The number of aryl methyl sites for hydroxylation is 2. The first kappa shape index (κ1) is 32.4. The second kappa shape index (κ2) is 13.2. The fourth-order valence-electron chi connectivity index (χ4n) is 4.35. The Balaban J connectivity index is 0.000000184. The molecular weight excluding hydrogens is 680 g/mol. The lowest BCUT2D eigenvalue weighted by Crippen LogP contribution is -1.99. The van der Waals surface area contributed by atoms with Crippen molar-refractivity contribution >= 4 is 76.2 Å². The Morgan fingerprint density at radius 3 is 1.70 bits per heavy atom. The van der Waals surface area contributed by atoms with Gasteiger partial charge >= 0.3 is 0 Å². The lowest BCUT2D eigenvalue weighted by atomic mass is 10.1. The number of anilines is 4. The third-order valence-electron chi connectivity index (χ3n) is 6.62. The minimum atomic E-state index is -2.31. The third kappa shape index (κ3) is 7.64. The fourth-order valence-corrected chi connectivity index (χ4v) is 5.33. The Bertz CT molecular complexity index is 2240. The van der Waals surface area contributed by atoms with E-state index in [9.17, 15) is 23.2 Å². The molecule has 0 spiro atoms. The van der Waals surface area contributed by atoms with Crippen molar-refractivity contribution in [2.24, 2.45) is 4.36 Å². The normalized spacial score (nSPS) is 11.2. The van der Waals surface area contributed by atoms with Crippen LogP contribution in [0.3, 0.4) is 0 Å². The zero-order chi connectivity index (χ0) is 33.2. The van der Waals surface area contributed by atoms with E-state index in [0.29, 0.717) is 39.4 Å². The van der Waals surface area contributed by atoms with Gasteiger partial charge < -0.3 is 20.8 Å². The van der Waals surface area contributed by atoms with Crippen LogP contribution in [0, 0.1) is 25.5 Å². The van der Waals surface area contributed by atoms with Gasteiger partial charge in [0.1, 0.15) is 47.4 Å². The van der Waals surface area contributed by atoms with E-state index < -0.39 is 21.4 Å². The Hall–Kier alpha value is -4.95. The zero-order valence-corrected chi connectivity index (χ0v) is 27.4. The second-order valence-corrected chi connectivity index (χ2v) is 14.0. The predicted octanol–water partition coefficient (Wildman–Crippen LogP) is 8.17. The second-order valence-electron chi connectivity index (χ2n) is 10.6. The van der Waals surface area contributed by atoms with Crippen molar-refractivity contribution in [2.75, 3.05) is 23.1 Å². The van der Waals surface area contributed by atoms with E-state index in [1.807, 2.05) is 18.2 Å². The summed E-state index contributed by atoms with van der Waals surface area (Å²) in [7, 11) is -2.31. The highest BCUT2D eigenvalue weighted by Crippen LogP contribution is 2.32. The first-order valence-corrected chi connectivity index (χ1v) is 16.7. The maximum atomic E-state index is 14.1. The van der Waals surface area contributed by atoms with Crippen LogP contribution in [-0.2, 0) is 9.73 Å². The Kier molecular flexibility index (Phi) is 9.30. The van der Waals surface area contributed by atoms with Gasteiger partial charge in [-0.05, 0) is 73.5 Å². The molecule has 0 amide bonds. The number of nitrogens with zero attached hydrogens (tertiary/aromatic N) is 5. The standard InChI is InChI=1S/C17H17FN4O2S.C15H11BrFN3O/c1-10-6-13(18)15(8-16(10)23)21-17-12-7-11(22-25(2,3)24)4-5-14(12)19-9-20-17;1-8-4-11(17)13(6-14(8)21)20-15-10-5-9(16)2-3-12(10)18-7-19-15/h4-9,23H,1-3H3,(H,19,20,21);2-7,21H,1H3,(H,18,19,20). The van der Waals surface area contributed by atoms with Gasteiger partial charge in [-0.15, -0.1) is 0 Å². The van der Waals surface area contributed by atoms with Gasteiger partial charge in [-0.1, -0.05) is 15.9 Å². The maximum absolute atomic E-state index is 14.1. The van der Waals surface area contributed by atoms with Gasteiger partial charge in [-0.2, -0.15) is 4.36 Å². The number of hydrogen-bond acceptors (Lipinski definition) is 10. The lowest BCUT2D eigenvalue weighted by molar-refractivity contribution is 0.469. The molecule has 0 saturated carbocycles. The van der Waals surface area contributed by atoms with Crippen molar-refractivity contribution in [3.63, 3.8) is 0 Å². The van der Waals surface area contributed by atoms with Crippen LogP contribution in [0.25, 0.3) is 21.8 Å². The number of aromatic nitrogens is 4. The number of nitrogens with one attached hydrogen (secondary N) is 2. The molecule has 4 aromatic carbocycles. The molecule has 14 heteroatoms. The molecule has 2 aromatic heterocycles. The van der Waals surface area contributed by atoms with E-state index in [0.717, 1.165) is 15.4 Å². The first-order valence-electron chi connectivity index (χ1n) is 13.6. The number of aromatic hydroxyl groups is 2. The number of phenolic OH excluding ortho intramolecular Hbond substituents is 2. The molecule has 0 radical (unpaired) electrons. The molecule has 10 nitrogen and oxygen atoms in total. The molecule has 46 heavy (non-hydrogen) atoms. The van der Waals surface area contributed by atoms with Gasteiger partial charge in [-0.25, -0.2) is 32.9 Å². The van der Waals surface area contributed by atoms with Crippen LogP contribution in [0.4, 0.5) is 37.5 Å². The summed E-state index contributed by atoms with van der Waals surface area (Å²) in [5.74, 6) is -0.112. The molecule has 0 aliphatic carbocycles. The van der Waals surface area contributed by atoms with Crippen molar-refractivity contribution in [1.82, 2.24) is 19.9 Å². The van der Waals surface area contributed by atoms with E-state index >= 15 is 0 Å². The Labute approximate surface area is 271 Å². The van der Waals surface area contributed by atoms with Gasteiger partial charge in [0, 0.05) is 49.6 Å². The van der Waals surface area contributed by atoms with Gasteiger partial charge in [0.25, 0.3) is 0 Å². The monoisotopic (exact) mass is 707 g/mol. The maximum Gasteiger partial charge on any atom is 0.147 e. The summed E-state index contributed by atoms with van der Waals surface area (Å²) in [6, 6.07) is 15.9. The highest BCUT2D eigenvalue weighted by Gasteiger charge is 2.12. The number of benzene rings is 4. The summed E-state index contributed by atoms with van der Waals surface area (Å²) in [6.45, 7) is 3.25. The molecular formula is C32H28BrF2N7O3S. The Morgan fingerprint density at radius 1 is 0.717 bits per heavy atom. The quantitative estimate of drug-likeness (QED) is 0.139. The van der Waals surface area contributed by atoms with Crippen molar-refractivity contribution in [2.45, 2.75) is 13.8 Å². The van der Waals surface area contributed by atoms with Crippen LogP contribution < -0.4 is 10.6 Å². The topological polar surface area (TPSA) is 146 Å². The molecule has 6 rings (SSSR count). The zero-order valence-electron chi connectivity index (χ0n) is 25.0. The molecule has 6 aromatic rings. The van der Waals surface area contributed by atoms with Gasteiger partial charge in [-0.3, -0.25) is 0 Å². The van der Waals surface area contributed by atoms with Crippen LogP contribution in [0.1, 0.15) is 11.1 Å². The largest absolute Gasteiger partial charge is 0.508 e. The number of phenols is 2. The molecule has 0 aliphatic heterocycles. The van der Waals surface area contributed by atoms with Crippen molar-refractivity contribution in [1.29, 1.82) is 0 Å². The predicted molar refractivity (Wildman–Crippen MR) is 181 cm³/mol. The minimum absolute atomic E-state index is 0.0188. The lowest BCUT2D eigenvalue weighted by Gasteiger charge is -2.11. The van der Waals surface area contributed by atoms with Crippen molar-refractivity contribution < 1.29 is 23.2 Å². The smallest absolute Gasteiger partial charge is 0.147 e. The van der Waals surface area contributed by atoms with Crippen LogP contribution in [-0.4, -0.2) is 46.9 Å². The molecule has 0 bridgehead atoms. The van der Waals surface area contributed by atoms with Crippen LogP contribution in [0.2, 0.25) is 0 Å². The van der Waals surface area contributed by atoms with Gasteiger partial charge in [0.15, 0.2) is 0 Å². The molecule has 4 N–H and O–H groups in total. The first-order chi connectivity index (χ1) is 21.8. The highest BCUT2D eigenvalue weighted by molar-refractivity contribution is 9.10. The number of halogens is 3. The number of rotatable bonds is 5. The van der Waals surface area contributed by atoms with Crippen LogP contribution in [0.15, 0.2) is 82.2 Å². The molecule has 2 heterocycles. The third-order valence-corrected chi connectivity index (χ3v) is 7.76. The van der Waals surface area contributed by atoms with E-state index in [-0.39, 0.29) is 22.9 Å². The van der Waals surface area contributed by atoms with E-state index in [1.54, 1.807) is 44.6 Å². The summed E-state index contributed by atoms with van der Waals surface area (Å²) in [5.41, 5.74) is 3.08. The molecule has 0 unspecified atom stereocenters.